The van der Waals surface area contributed by atoms with Crippen LogP contribution in [-0.4, -0.2) is 76.9 Å². The van der Waals surface area contributed by atoms with Gasteiger partial charge in [0.15, 0.2) is 16.7 Å². The van der Waals surface area contributed by atoms with Gasteiger partial charge in [-0.2, -0.15) is 0 Å². The molecular formula is C30H32Cl2N4O6S. The molecule has 0 aliphatic carbocycles. The van der Waals surface area contributed by atoms with Gasteiger partial charge < -0.3 is 24.8 Å². The second kappa shape index (κ2) is 15.3. The highest BCUT2D eigenvalue weighted by Gasteiger charge is 2.35. The molecule has 0 unspecified atom stereocenters. The molecule has 43 heavy (non-hydrogen) atoms. The number of methoxy groups -OCH3 is 2. The maximum absolute atomic E-state index is 12.7. The Hall–Kier alpha value is -3.54. The Balaban J connectivity index is 1.27. The van der Waals surface area contributed by atoms with Crippen molar-refractivity contribution in [1.29, 1.82) is 0 Å². The number of hydrogen-bond acceptors (Lipinski definition) is 8. The molecule has 0 saturated carbocycles. The predicted octanol–water partition coefficient (Wildman–Crippen LogP) is 5.00. The van der Waals surface area contributed by atoms with E-state index in [9.17, 15) is 14.4 Å². The van der Waals surface area contributed by atoms with Crippen molar-refractivity contribution < 1.29 is 29.0 Å². The quantitative estimate of drug-likeness (QED) is 0.150. The van der Waals surface area contributed by atoms with E-state index in [0.717, 1.165) is 16.7 Å². The van der Waals surface area contributed by atoms with Gasteiger partial charge in [0.05, 0.1) is 30.0 Å². The van der Waals surface area contributed by atoms with Gasteiger partial charge in [0.25, 0.3) is 0 Å². The van der Waals surface area contributed by atoms with Gasteiger partial charge in [-0.15, -0.1) is 0 Å². The van der Waals surface area contributed by atoms with Gasteiger partial charge in [-0.1, -0.05) is 47.1 Å². The standard InChI is InChI=1S/C30H32Cl2N4O6S/c1-41-25-6-4-20(12-26(25)42-2)21-14-34-30(35-15-21)43-17-27(37)33-8-7-22-10-19(16-36(22)28(38)13-29(39)40)9-18-3-5-23(31)24(32)11-18/h3-6,11-12,14-15,19,22H,7-10,13,16-17H2,1-2H3,(H,33,37)(H,39,40)/t19-,22-/m1/s1. The number of thioether (sulfide) groups is 1. The monoisotopic (exact) mass is 646 g/mol. The number of aromatic nitrogens is 2. The smallest absolute Gasteiger partial charge is 0.312 e. The molecule has 2 amide bonds. The first-order chi connectivity index (χ1) is 20.7. The lowest BCUT2D eigenvalue weighted by atomic mass is 9.96. The lowest BCUT2D eigenvalue weighted by Gasteiger charge is -2.24. The van der Waals surface area contributed by atoms with E-state index in [-0.39, 0.29) is 23.6 Å². The van der Waals surface area contributed by atoms with Crippen molar-refractivity contribution in [2.75, 3.05) is 33.1 Å². The number of rotatable bonds is 13. The van der Waals surface area contributed by atoms with Crippen LogP contribution in [0.5, 0.6) is 11.5 Å². The minimum atomic E-state index is -1.17. The number of likely N-dealkylation sites (tertiary alicyclic amines) is 1. The highest BCUT2D eigenvalue weighted by atomic mass is 35.5. The number of nitrogens with zero attached hydrogens (tertiary/aromatic N) is 3. The molecule has 2 aromatic carbocycles. The van der Waals surface area contributed by atoms with Crippen molar-refractivity contribution in [3.05, 3.63) is 64.4 Å². The number of carboxylic acid groups (broad SMARTS) is 1. The number of carbonyl (C=O) groups is 3. The van der Waals surface area contributed by atoms with Gasteiger partial charge in [-0.3, -0.25) is 14.4 Å². The number of amides is 2. The maximum atomic E-state index is 12.7. The van der Waals surface area contributed by atoms with Crippen LogP contribution in [0.3, 0.4) is 0 Å². The summed E-state index contributed by atoms with van der Waals surface area (Å²) in [6.45, 7) is 0.789. The Labute approximate surface area is 264 Å². The second-order valence-electron chi connectivity index (χ2n) is 10.1. The van der Waals surface area contributed by atoms with Crippen molar-refractivity contribution >= 4 is 52.7 Å². The topological polar surface area (TPSA) is 131 Å². The van der Waals surface area contributed by atoms with Crippen LogP contribution < -0.4 is 14.8 Å². The minimum absolute atomic E-state index is 0.127. The number of carboxylic acids is 1. The van der Waals surface area contributed by atoms with E-state index in [0.29, 0.717) is 59.1 Å². The molecule has 228 valence electrons. The molecule has 0 spiro atoms. The van der Waals surface area contributed by atoms with Crippen LogP contribution in [0.4, 0.5) is 0 Å². The summed E-state index contributed by atoms with van der Waals surface area (Å²) in [6.07, 6.45) is 4.69. The molecule has 2 N–H and O–H groups in total. The fourth-order valence-corrected chi connectivity index (χ4v) is 6.02. The second-order valence-corrected chi connectivity index (χ2v) is 11.8. The van der Waals surface area contributed by atoms with Crippen LogP contribution in [0.15, 0.2) is 53.9 Å². The molecule has 2 atom stereocenters. The van der Waals surface area contributed by atoms with Crippen molar-refractivity contribution in [1.82, 2.24) is 20.2 Å². The Bertz CT molecular complexity index is 1460. The maximum Gasteiger partial charge on any atom is 0.312 e. The average Bonchev–Trinajstić information content (AvgIpc) is 3.40. The van der Waals surface area contributed by atoms with Gasteiger partial charge in [0.1, 0.15) is 6.42 Å². The Kier molecular flexibility index (Phi) is 11.5. The summed E-state index contributed by atoms with van der Waals surface area (Å²) in [7, 11) is 3.15. The third-order valence-corrected chi connectivity index (χ3v) is 8.72. The lowest BCUT2D eigenvalue weighted by Crippen LogP contribution is -2.39. The first-order valence-electron chi connectivity index (χ1n) is 13.6. The average molecular weight is 648 g/mol. The van der Waals surface area contributed by atoms with E-state index in [4.69, 9.17) is 37.8 Å². The number of aliphatic carboxylic acids is 1. The lowest BCUT2D eigenvalue weighted by molar-refractivity contribution is -0.144. The minimum Gasteiger partial charge on any atom is -0.493 e. The largest absolute Gasteiger partial charge is 0.493 e. The SMILES string of the molecule is COc1ccc(-c2cnc(SCC(=O)NCC[C@@H]3C[C@@H](Cc4ccc(Cl)c(Cl)c4)CN3C(=O)CC(=O)O)nc2)cc1OC. The Morgan fingerprint density at radius 1 is 1.02 bits per heavy atom. The van der Waals surface area contributed by atoms with Crippen molar-refractivity contribution in [3.63, 3.8) is 0 Å². The molecule has 1 saturated heterocycles. The third-order valence-electron chi connectivity index (χ3n) is 7.11. The van der Waals surface area contributed by atoms with Crippen molar-refractivity contribution in [3.8, 4) is 22.6 Å². The molecule has 10 nitrogen and oxygen atoms in total. The summed E-state index contributed by atoms with van der Waals surface area (Å²) in [4.78, 5) is 46.8. The fraction of sp³-hybridized carbons (Fsp3) is 0.367. The molecule has 2 heterocycles. The van der Waals surface area contributed by atoms with Crippen LogP contribution in [-0.2, 0) is 20.8 Å². The molecule has 0 bridgehead atoms. The zero-order valence-corrected chi connectivity index (χ0v) is 26.0. The summed E-state index contributed by atoms with van der Waals surface area (Å²) < 4.78 is 10.6. The summed E-state index contributed by atoms with van der Waals surface area (Å²) >= 11 is 13.4. The number of carbonyl (C=O) groups excluding carboxylic acids is 2. The van der Waals surface area contributed by atoms with E-state index in [1.807, 2.05) is 30.3 Å². The first kappa shape index (κ1) is 32.4. The van der Waals surface area contributed by atoms with Gasteiger partial charge in [-0.25, -0.2) is 9.97 Å². The Morgan fingerprint density at radius 2 is 1.77 bits per heavy atom. The molecule has 1 fully saturated rings. The van der Waals surface area contributed by atoms with E-state index in [2.05, 4.69) is 15.3 Å². The summed E-state index contributed by atoms with van der Waals surface area (Å²) in [5, 5.41) is 13.4. The normalized spacial score (nSPS) is 16.1. The van der Waals surface area contributed by atoms with Crippen molar-refractivity contribution in [2.45, 2.75) is 36.9 Å². The van der Waals surface area contributed by atoms with Crippen LogP contribution in [0.1, 0.15) is 24.8 Å². The predicted molar refractivity (Wildman–Crippen MR) is 165 cm³/mol. The van der Waals surface area contributed by atoms with Crippen LogP contribution in [0.25, 0.3) is 11.1 Å². The van der Waals surface area contributed by atoms with E-state index < -0.39 is 18.3 Å². The third kappa shape index (κ3) is 8.98. The number of hydrogen-bond donors (Lipinski definition) is 2. The highest BCUT2D eigenvalue weighted by Crippen LogP contribution is 2.33. The number of ether oxygens (including phenoxy) is 2. The molecule has 13 heteroatoms. The molecule has 4 rings (SSSR count). The number of nitrogens with one attached hydrogen (secondary N) is 1. The molecule has 1 aliphatic rings. The zero-order valence-electron chi connectivity index (χ0n) is 23.7. The Morgan fingerprint density at radius 3 is 2.44 bits per heavy atom. The van der Waals surface area contributed by atoms with Gasteiger partial charge in [-0.05, 0) is 60.6 Å². The molecule has 1 aliphatic heterocycles. The first-order valence-corrected chi connectivity index (χ1v) is 15.3. The molecule has 0 radical (unpaired) electrons. The number of benzene rings is 2. The van der Waals surface area contributed by atoms with Gasteiger partial charge in [0.2, 0.25) is 11.8 Å². The van der Waals surface area contributed by atoms with Crippen molar-refractivity contribution in [2.24, 2.45) is 5.92 Å². The van der Waals surface area contributed by atoms with E-state index >= 15 is 0 Å². The van der Waals surface area contributed by atoms with Crippen LogP contribution in [0, 0.1) is 5.92 Å². The van der Waals surface area contributed by atoms with E-state index in [1.54, 1.807) is 37.6 Å². The van der Waals surface area contributed by atoms with Gasteiger partial charge >= 0.3 is 5.97 Å². The zero-order chi connectivity index (χ0) is 30.9. The summed E-state index contributed by atoms with van der Waals surface area (Å²) in [6, 6.07) is 10.8. The molecule has 1 aromatic heterocycles. The summed E-state index contributed by atoms with van der Waals surface area (Å²) in [5.41, 5.74) is 2.66. The molecular weight excluding hydrogens is 615 g/mol. The van der Waals surface area contributed by atoms with Gasteiger partial charge in [0, 0.05) is 37.1 Å². The van der Waals surface area contributed by atoms with E-state index in [1.165, 1.54) is 11.8 Å². The molecule has 3 aromatic rings. The van der Waals surface area contributed by atoms with Crippen LogP contribution >= 0.6 is 35.0 Å². The summed E-state index contributed by atoms with van der Waals surface area (Å²) in [5.74, 6) is -0.297. The fourth-order valence-electron chi connectivity index (χ4n) is 5.09. The highest BCUT2D eigenvalue weighted by molar-refractivity contribution is 7.99. The van der Waals surface area contributed by atoms with Crippen LogP contribution in [0.2, 0.25) is 10.0 Å². The number of halogens is 2.